The fourth-order valence-electron chi connectivity index (χ4n) is 2.15. The second kappa shape index (κ2) is 6.38. The Hall–Kier alpha value is -1.81. The van der Waals surface area contributed by atoms with Crippen molar-refractivity contribution in [3.8, 4) is 5.75 Å². The van der Waals surface area contributed by atoms with Gasteiger partial charge in [-0.1, -0.05) is 24.3 Å². The minimum absolute atomic E-state index is 0.270. The van der Waals surface area contributed by atoms with Crippen LogP contribution in [0.2, 0.25) is 0 Å². The van der Waals surface area contributed by atoms with Gasteiger partial charge >= 0.3 is 5.97 Å². The van der Waals surface area contributed by atoms with E-state index in [0.717, 1.165) is 12.2 Å². The van der Waals surface area contributed by atoms with Gasteiger partial charge in [0.1, 0.15) is 5.75 Å². The Morgan fingerprint density at radius 3 is 3.11 bits per heavy atom. The zero-order valence-corrected chi connectivity index (χ0v) is 11.3. The number of methoxy groups -OCH3 is 1. The molecule has 1 atom stereocenters. The lowest BCUT2D eigenvalue weighted by molar-refractivity contribution is -0.136. The van der Waals surface area contributed by atoms with E-state index in [1.165, 1.54) is 12.7 Å². The second-order valence-electron chi connectivity index (χ2n) is 4.51. The van der Waals surface area contributed by atoms with Gasteiger partial charge in [-0.2, -0.15) is 0 Å². The predicted molar refractivity (Wildman–Crippen MR) is 73.1 cm³/mol. The Morgan fingerprint density at radius 2 is 2.32 bits per heavy atom. The zero-order valence-electron chi connectivity index (χ0n) is 11.3. The molecule has 1 aliphatic heterocycles. The van der Waals surface area contributed by atoms with Gasteiger partial charge in [0, 0.05) is 30.1 Å². The molecule has 0 saturated carbocycles. The maximum Gasteiger partial charge on any atom is 0.333 e. The first-order valence-corrected chi connectivity index (χ1v) is 6.42. The van der Waals surface area contributed by atoms with Crippen LogP contribution < -0.4 is 10.1 Å². The summed E-state index contributed by atoms with van der Waals surface area (Å²) in [7, 11) is 1.39. The molecule has 4 nitrogen and oxygen atoms in total. The molecule has 1 heterocycles. The van der Waals surface area contributed by atoms with Crippen LogP contribution in [0.25, 0.3) is 0 Å². The summed E-state index contributed by atoms with van der Waals surface area (Å²) in [6.45, 7) is 3.11. The fourth-order valence-corrected chi connectivity index (χ4v) is 2.15. The van der Waals surface area contributed by atoms with Crippen molar-refractivity contribution in [3.05, 3.63) is 41.5 Å². The number of hydrogen-bond acceptors (Lipinski definition) is 4. The fraction of sp³-hybridized carbons (Fsp3) is 0.400. The van der Waals surface area contributed by atoms with E-state index in [2.05, 4.69) is 16.1 Å². The SMILES string of the molecule is COC(=O)/C(C)=C/CNC1CCOc2ccccc21. The summed E-state index contributed by atoms with van der Waals surface area (Å²) in [5, 5.41) is 3.42. The summed E-state index contributed by atoms with van der Waals surface area (Å²) < 4.78 is 10.3. The third-order valence-corrected chi connectivity index (χ3v) is 3.24. The molecule has 0 radical (unpaired) electrons. The highest BCUT2D eigenvalue weighted by Gasteiger charge is 2.19. The molecule has 1 aliphatic rings. The van der Waals surface area contributed by atoms with E-state index < -0.39 is 0 Å². The molecule has 1 aromatic rings. The summed E-state index contributed by atoms with van der Waals surface area (Å²) in [6, 6.07) is 8.31. The molecule has 0 aromatic heterocycles. The van der Waals surface area contributed by atoms with Crippen LogP contribution in [0.4, 0.5) is 0 Å². The third kappa shape index (κ3) is 3.35. The molecule has 1 N–H and O–H groups in total. The predicted octanol–water partition coefficient (Wildman–Crippen LogP) is 2.22. The van der Waals surface area contributed by atoms with Crippen molar-refractivity contribution in [2.45, 2.75) is 19.4 Å². The van der Waals surface area contributed by atoms with Gasteiger partial charge in [-0.05, 0) is 13.0 Å². The van der Waals surface area contributed by atoms with Crippen LogP contribution in [0, 0.1) is 0 Å². The lowest BCUT2D eigenvalue weighted by atomic mass is 10.0. The van der Waals surface area contributed by atoms with Crippen LogP contribution in [-0.2, 0) is 9.53 Å². The standard InChI is InChI=1S/C15H19NO3/c1-11(15(17)18-2)7-9-16-13-8-10-19-14-6-4-3-5-12(13)14/h3-7,13,16H,8-10H2,1-2H3/b11-7+. The normalized spacial score (nSPS) is 18.4. The highest BCUT2D eigenvalue weighted by molar-refractivity contribution is 5.87. The van der Waals surface area contributed by atoms with E-state index in [9.17, 15) is 4.79 Å². The van der Waals surface area contributed by atoms with Crippen molar-refractivity contribution >= 4 is 5.97 Å². The molecule has 102 valence electrons. The molecule has 0 amide bonds. The van der Waals surface area contributed by atoms with Crippen LogP contribution in [0.5, 0.6) is 5.75 Å². The van der Waals surface area contributed by atoms with E-state index in [0.29, 0.717) is 18.7 Å². The average molecular weight is 261 g/mol. The highest BCUT2D eigenvalue weighted by Crippen LogP contribution is 2.31. The molecule has 0 saturated heterocycles. The summed E-state index contributed by atoms with van der Waals surface area (Å²) >= 11 is 0. The molecule has 1 aromatic carbocycles. The third-order valence-electron chi connectivity index (χ3n) is 3.24. The molecule has 0 fully saturated rings. The summed E-state index contributed by atoms with van der Waals surface area (Å²) in [5.41, 5.74) is 1.80. The number of para-hydroxylation sites is 1. The van der Waals surface area contributed by atoms with E-state index >= 15 is 0 Å². The first kappa shape index (κ1) is 13.6. The number of rotatable bonds is 4. The zero-order chi connectivity index (χ0) is 13.7. The number of carbonyl (C=O) groups is 1. The number of esters is 1. The quantitative estimate of drug-likeness (QED) is 0.667. The first-order valence-electron chi connectivity index (χ1n) is 6.42. The molecule has 19 heavy (non-hydrogen) atoms. The molecular weight excluding hydrogens is 242 g/mol. The molecule has 2 rings (SSSR count). The Kier molecular flexibility index (Phi) is 4.58. The smallest absolute Gasteiger partial charge is 0.333 e. The van der Waals surface area contributed by atoms with E-state index in [1.807, 2.05) is 24.3 Å². The van der Waals surface area contributed by atoms with E-state index in [1.54, 1.807) is 6.92 Å². The van der Waals surface area contributed by atoms with Crippen LogP contribution in [0.3, 0.4) is 0 Å². The second-order valence-corrected chi connectivity index (χ2v) is 4.51. The van der Waals surface area contributed by atoms with Crippen molar-refractivity contribution in [3.63, 3.8) is 0 Å². The lowest BCUT2D eigenvalue weighted by Crippen LogP contribution is -2.27. The number of ether oxygens (including phenoxy) is 2. The number of carbonyl (C=O) groups excluding carboxylic acids is 1. The van der Waals surface area contributed by atoms with Crippen LogP contribution >= 0.6 is 0 Å². The highest BCUT2D eigenvalue weighted by atomic mass is 16.5. The van der Waals surface area contributed by atoms with Crippen LogP contribution in [-0.4, -0.2) is 26.2 Å². The molecule has 4 heteroatoms. The van der Waals surface area contributed by atoms with Crippen molar-refractivity contribution in [1.29, 1.82) is 0 Å². The van der Waals surface area contributed by atoms with E-state index in [4.69, 9.17) is 4.74 Å². The van der Waals surface area contributed by atoms with E-state index in [-0.39, 0.29) is 12.0 Å². The van der Waals surface area contributed by atoms with Gasteiger partial charge in [0.15, 0.2) is 0 Å². The minimum atomic E-state index is -0.283. The minimum Gasteiger partial charge on any atom is -0.493 e. The topological polar surface area (TPSA) is 47.6 Å². The largest absolute Gasteiger partial charge is 0.493 e. The number of fused-ring (bicyclic) bond motifs is 1. The summed E-state index contributed by atoms with van der Waals surface area (Å²) in [4.78, 5) is 11.3. The van der Waals surface area contributed by atoms with Crippen LogP contribution in [0.15, 0.2) is 35.9 Å². The van der Waals surface area contributed by atoms with Gasteiger partial charge in [-0.3, -0.25) is 0 Å². The average Bonchev–Trinajstić information content (AvgIpc) is 2.46. The molecule has 0 aliphatic carbocycles. The Balaban J connectivity index is 1.96. The van der Waals surface area contributed by atoms with Gasteiger partial charge in [0.05, 0.1) is 13.7 Å². The Bertz CT molecular complexity index is 482. The van der Waals surface area contributed by atoms with Gasteiger partial charge in [-0.15, -0.1) is 0 Å². The molecule has 0 bridgehead atoms. The maximum atomic E-state index is 11.3. The first-order chi connectivity index (χ1) is 9.22. The summed E-state index contributed by atoms with van der Waals surface area (Å²) in [6.07, 6.45) is 2.78. The van der Waals surface area contributed by atoms with Crippen LogP contribution in [0.1, 0.15) is 24.9 Å². The van der Waals surface area contributed by atoms with Crippen molar-refractivity contribution in [2.24, 2.45) is 0 Å². The molecular formula is C15H19NO3. The maximum absolute atomic E-state index is 11.3. The molecule has 1 unspecified atom stereocenters. The van der Waals surface area contributed by atoms with Gasteiger partial charge < -0.3 is 14.8 Å². The lowest BCUT2D eigenvalue weighted by Gasteiger charge is -2.26. The number of hydrogen-bond donors (Lipinski definition) is 1. The van der Waals surface area contributed by atoms with Gasteiger partial charge in [-0.25, -0.2) is 4.79 Å². The van der Waals surface area contributed by atoms with Crippen molar-refractivity contribution in [1.82, 2.24) is 5.32 Å². The van der Waals surface area contributed by atoms with Crippen molar-refractivity contribution in [2.75, 3.05) is 20.3 Å². The number of nitrogens with one attached hydrogen (secondary N) is 1. The van der Waals surface area contributed by atoms with Crippen molar-refractivity contribution < 1.29 is 14.3 Å². The van der Waals surface area contributed by atoms with Gasteiger partial charge in [0.25, 0.3) is 0 Å². The summed E-state index contributed by atoms with van der Waals surface area (Å²) in [5.74, 6) is 0.661. The Labute approximate surface area is 113 Å². The number of benzene rings is 1. The molecule has 0 spiro atoms. The monoisotopic (exact) mass is 261 g/mol. The van der Waals surface area contributed by atoms with Gasteiger partial charge in [0.2, 0.25) is 0 Å². The Morgan fingerprint density at radius 1 is 1.53 bits per heavy atom.